The molecule has 2 aromatic rings. The second-order valence-corrected chi connectivity index (χ2v) is 6.84. The van der Waals surface area contributed by atoms with Gasteiger partial charge < -0.3 is 28.4 Å². The summed E-state index contributed by atoms with van der Waals surface area (Å²) in [6.07, 6.45) is -2.07. The van der Waals surface area contributed by atoms with Crippen molar-refractivity contribution in [3.05, 3.63) is 71.8 Å². The molecular formula is C22H22O8. The van der Waals surface area contributed by atoms with Crippen LogP contribution < -0.4 is 0 Å². The molecule has 2 heterocycles. The standard InChI is InChI=1S/C22H22O8/c23-21(15-7-3-1-4-8-15)25-11-17-19(29-13-27-17)20-18(28-14-30-20)12-26-22(24)16-9-5-2-6-10-16/h1-10,17-20H,11-14H2/t17-,18-,19-,20-/m1/s1. The first kappa shape index (κ1) is 20.5. The minimum absolute atomic E-state index is 0.00871. The van der Waals surface area contributed by atoms with Crippen molar-refractivity contribution < 1.29 is 38.0 Å². The molecule has 0 aromatic heterocycles. The minimum Gasteiger partial charge on any atom is -0.459 e. The molecule has 0 bridgehead atoms. The number of carbonyl (C=O) groups excluding carboxylic acids is 2. The molecule has 4 rings (SSSR count). The molecule has 8 heteroatoms. The average Bonchev–Trinajstić information content (AvgIpc) is 3.45. The molecule has 0 saturated carbocycles. The highest BCUT2D eigenvalue weighted by Crippen LogP contribution is 2.26. The number of hydrogen-bond acceptors (Lipinski definition) is 8. The van der Waals surface area contributed by atoms with E-state index in [-0.39, 0.29) is 26.8 Å². The molecule has 2 aliphatic heterocycles. The first-order valence-electron chi connectivity index (χ1n) is 9.63. The van der Waals surface area contributed by atoms with Crippen molar-refractivity contribution in [1.29, 1.82) is 0 Å². The van der Waals surface area contributed by atoms with E-state index in [1.807, 2.05) is 12.1 Å². The van der Waals surface area contributed by atoms with E-state index in [9.17, 15) is 9.59 Å². The predicted molar refractivity (Wildman–Crippen MR) is 103 cm³/mol. The smallest absolute Gasteiger partial charge is 0.338 e. The molecule has 30 heavy (non-hydrogen) atoms. The summed E-state index contributed by atoms with van der Waals surface area (Å²) in [7, 11) is 0. The summed E-state index contributed by atoms with van der Waals surface area (Å²) in [6, 6.07) is 17.4. The Bertz CT molecular complexity index is 769. The Balaban J connectivity index is 1.31. The van der Waals surface area contributed by atoms with Crippen molar-refractivity contribution in [1.82, 2.24) is 0 Å². The van der Waals surface area contributed by atoms with Gasteiger partial charge in [-0.05, 0) is 24.3 Å². The van der Waals surface area contributed by atoms with E-state index in [0.717, 1.165) is 0 Å². The molecule has 0 aliphatic carbocycles. The molecule has 0 N–H and O–H groups in total. The van der Waals surface area contributed by atoms with Gasteiger partial charge in [-0.3, -0.25) is 0 Å². The van der Waals surface area contributed by atoms with Crippen LogP contribution in [0.4, 0.5) is 0 Å². The monoisotopic (exact) mass is 414 g/mol. The Labute approximate surface area is 173 Å². The first-order valence-corrected chi connectivity index (χ1v) is 9.63. The largest absolute Gasteiger partial charge is 0.459 e. The fourth-order valence-electron chi connectivity index (χ4n) is 3.34. The van der Waals surface area contributed by atoms with E-state index in [2.05, 4.69) is 0 Å². The van der Waals surface area contributed by atoms with Crippen molar-refractivity contribution in [2.45, 2.75) is 24.4 Å². The van der Waals surface area contributed by atoms with Gasteiger partial charge in [0.25, 0.3) is 0 Å². The molecule has 2 aliphatic rings. The van der Waals surface area contributed by atoms with Crippen LogP contribution in [-0.4, -0.2) is 63.2 Å². The number of ether oxygens (including phenoxy) is 6. The third-order valence-electron chi connectivity index (χ3n) is 4.92. The molecule has 158 valence electrons. The van der Waals surface area contributed by atoms with E-state index >= 15 is 0 Å². The zero-order valence-electron chi connectivity index (χ0n) is 16.2. The Hall–Kier alpha value is -2.78. The van der Waals surface area contributed by atoms with Crippen LogP contribution in [0.1, 0.15) is 20.7 Å². The van der Waals surface area contributed by atoms with Crippen LogP contribution in [-0.2, 0) is 28.4 Å². The van der Waals surface area contributed by atoms with Crippen molar-refractivity contribution in [2.75, 3.05) is 26.8 Å². The summed E-state index contributed by atoms with van der Waals surface area (Å²) < 4.78 is 33.2. The van der Waals surface area contributed by atoms with Crippen molar-refractivity contribution >= 4 is 11.9 Å². The normalized spacial score (nSPS) is 25.7. The summed E-state index contributed by atoms with van der Waals surface area (Å²) in [4.78, 5) is 24.3. The summed E-state index contributed by atoms with van der Waals surface area (Å²) >= 11 is 0. The Morgan fingerprint density at radius 2 is 1.07 bits per heavy atom. The maximum Gasteiger partial charge on any atom is 0.338 e. The number of carbonyl (C=O) groups is 2. The molecule has 0 spiro atoms. The lowest BCUT2D eigenvalue weighted by atomic mass is 10.0. The molecule has 2 aromatic carbocycles. The van der Waals surface area contributed by atoms with Crippen molar-refractivity contribution in [2.24, 2.45) is 0 Å². The minimum atomic E-state index is -0.517. The summed E-state index contributed by atoms with van der Waals surface area (Å²) in [5.74, 6) is -0.886. The first-order chi connectivity index (χ1) is 14.7. The molecule has 2 saturated heterocycles. The van der Waals surface area contributed by atoms with E-state index in [1.165, 1.54) is 0 Å². The Morgan fingerprint density at radius 3 is 1.47 bits per heavy atom. The fourth-order valence-corrected chi connectivity index (χ4v) is 3.34. The molecule has 8 nitrogen and oxygen atoms in total. The third-order valence-corrected chi connectivity index (χ3v) is 4.92. The highest BCUT2D eigenvalue weighted by atomic mass is 16.8. The molecule has 0 amide bonds. The van der Waals surface area contributed by atoms with Crippen LogP contribution in [0.25, 0.3) is 0 Å². The van der Waals surface area contributed by atoms with Gasteiger partial charge in [0.05, 0.1) is 11.1 Å². The highest BCUT2D eigenvalue weighted by molar-refractivity contribution is 5.89. The van der Waals surface area contributed by atoms with Crippen LogP contribution in [0.3, 0.4) is 0 Å². The van der Waals surface area contributed by atoms with Crippen LogP contribution in [0, 0.1) is 0 Å². The Kier molecular flexibility index (Phi) is 6.70. The lowest BCUT2D eigenvalue weighted by molar-refractivity contribution is -0.0418. The van der Waals surface area contributed by atoms with Crippen molar-refractivity contribution in [3.8, 4) is 0 Å². The van der Waals surface area contributed by atoms with Crippen molar-refractivity contribution in [3.63, 3.8) is 0 Å². The molecule has 2 fully saturated rings. The number of esters is 2. The lowest BCUT2D eigenvalue weighted by Crippen LogP contribution is -2.45. The van der Waals surface area contributed by atoms with Gasteiger partial charge in [-0.15, -0.1) is 0 Å². The number of rotatable bonds is 7. The summed E-state index contributed by atoms with van der Waals surface area (Å²) in [5, 5.41) is 0. The summed E-state index contributed by atoms with van der Waals surface area (Å²) in [5.41, 5.74) is 0.915. The van der Waals surface area contributed by atoms with E-state index in [1.54, 1.807) is 48.5 Å². The maximum absolute atomic E-state index is 12.2. The van der Waals surface area contributed by atoms with Crippen LogP contribution in [0.2, 0.25) is 0 Å². The molecule has 0 unspecified atom stereocenters. The molecule has 4 atom stereocenters. The maximum atomic E-state index is 12.2. The van der Waals surface area contributed by atoms with Gasteiger partial charge in [0.15, 0.2) is 0 Å². The SMILES string of the molecule is O=C(OC[C@H]1OCO[C@H]1[C@@H]1OCO[C@@H]1COC(=O)c1ccccc1)c1ccccc1. The topological polar surface area (TPSA) is 89.5 Å². The van der Waals surface area contributed by atoms with Gasteiger partial charge in [0.2, 0.25) is 0 Å². The van der Waals surface area contributed by atoms with Crippen LogP contribution >= 0.6 is 0 Å². The zero-order chi connectivity index (χ0) is 20.8. The second kappa shape index (κ2) is 9.82. The number of benzene rings is 2. The fraction of sp³-hybridized carbons (Fsp3) is 0.364. The van der Waals surface area contributed by atoms with Gasteiger partial charge in [-0.25, -0.2) is 9.59 Å². The van der Waals surface area contributed by atoms with Gasteiger partial charge >= 0.3 is 11.9 Å². The highest BCUT2D eigenvalue weighted by Gasteiger charge is 2.45. The average molecular weight is 414 g/mol. The Morgan fingerprint density at radius 1 is 0.667 bits per heavy atom. The zero-order valence-corrected chi connectivity index (χ0v) is 16.2. The molecule has 0 radical (unpaired) electrons. The van der Waals surface area contributed by atoms with Crippen LogP contribution in [0.5, 0.6) is 0 Å². The van der Waals surface area contributed by atoms with E-state index in [0.29, 0.717) is 11.1 Å². The predicted octanol–water partition coefficient (Wildman–Crippen LogP) is 2.18. The van der Waals surface area contributed by atoms with Gasteiger partial charge in [-0.2, -0.15) is 0 Å². The quantitative estimate of drug-likeness (QED) is 0.637. The van der Waals surface area contributed by atoms with Crippen LogP contribution in [0.15, 0.2) is 60.7 Å². The number of hydrogen-bond donors (Lipinski definition) is 0. The van der Waals surface area contributed by atoms with Gasteiger partial charge in [0.1, 0.15) is 51.2 Å². The van der Waals surface area contributed by atoms with Gasteiger partial charge in [-0.1, -0.05) is 36.4 Å². The second-order valence-electron chi connectivity index (χ2n) is 6.84. The van der Waals surface area contributed by atoms with E-state index in [4.69, 9.17) is 28.4 Å². The summed E-state index contributed by atoms with van der Waals surface area (Å²) in [6.45, 7) is 0.118. The lowest BCUT2D eigenvalue weighted by Gasteiger charge is -2.25. The molecular weight excluding hydrogens is 392 g/mol. The third kappa shape index (κ3) is 4.85. The van der Waals surface area contributed by atoms with E-state index < -0.39 is 36.4 Å². The van der Waals surface area contributed by atoms with Gasteiger partial charge in [0, 0.05) is 0 Å².